The Kier molecular flexibility index (Phi) is 12.7. The van der Waals surface area contributed by atoms with Crippen molar-refractivity contribution in [1.82, 2.24) is 0 Å². The van der Waals surface area contributed by atoms with Gasteiger partial charge in [0.15, 0.2) is 11.8 Å². The number of carbonyl (C=O) groups is 4. The van der Waals surface area contributed by atoms with E-state index in [1.807, 2.05) is 48.5 Å². The van der Waals surface area contributed by atoms with Crippen LogP contribution in [-0.2, 0) is 51.0 Å². The molecule has 200 valence electrons. The van der Waals surface area contributed by atoms with Crippen molar-refractivity contribution in [3.05, 3.63) is 59.7 Å². The molecular weight excluding hydrogens is 496 g/mol. The van der Waals surface area contributed by atoms with Crippen LogP contribution in [0.15, 0.2) is 58.3 Å². The molecule has 0 aliphatic heterocycles. The van der Waals surface area contributed by atoms with Crippen LogP contribution in [-0.4, -0.2) is 50.3 Å². The van der Waals surface area contributed by atoms with Gasteiger partial charge in [-0.05, 0) is 63.8 Å². The number of hydrogen-bond donors (Lipinski definition) is 0. The van der Waals surface area contributed by atoms with E-state index < -0.39 is 35.7 Å². The van der Waals surface area contributed by atoms with Gasteiger partial charge in [-0.15, -0.1) is 0 Å². The number of esters is 4. The molecule has 2 aromatic rings. The molecule has 2 aromatic carbocycles. The first-order chi connectivity index (χ1) is 17.9. The Labute approximate surface area is 222 Å². The second kappa shape index (κ2) is 15.7. The van der Waals surface area contributed by atoms with Gasteiger partial charge in [-0.25, -0.2) is 0 Å². The molecule has 0 radical (unpaired) electrons. The third-order valence-corrected chi connectivity index (χ3v) is 6.53. The van der Waals surface area contributed by atoms with E-state index in [0.717, 1.165) is 20.9 Å². The lowest BCUT2D eigenvalue weighted by molar-refractivity contribution is -0.163. The largest absolute Gasteiger partial charge is 0.465 e. The van der Waals surface area contributed by atoms with Gasteiger partial charge in [0.25, 0.3) is 0 Å². The van der Waals surface area contributed by atoms with Crippen molar-refractivity contribution in [3.8, 4) is 0 Å². The predicted molar refractivity (Wildman–Crippen MR) is 138 cm³/mol. The average Bonchev–Trinajstić information content (AvgIpc) is 2.88. The molecule has 0 unspecified atom stereocenters. The highest BCUT2D eigenvalue weighted by Gasteiger charge is 2.32. The first-order valence-electron chi connectivity index (χ1n) is 12.4. The van der Waals surface area contributed by atoms with Crippen molar-refractivity contribution >= 4 is 35.6 Å². The van der Waals surface area contributed by atoms with E-state index in [0.29, 0.717) is 0 Å². The van der Waals surface area contributed by atoms with Crippen LogP contribution in [0.4, 0.5) is 0 Å². The van der Waals surface area contributed by atoms with Crippen LogP contribution in [0.5, 0.6) is 0 Å². The Morgan fingerprint density at radius 3 is 1.16 bits per heavy atom. The Morgan fingerprint density at radius 1 is 0.568 bits per heavy atom. The highest BCUT2D eigenvalue weighted by atomic mass is 32.2. The van der Waals surface area contributed by atoms with E-state index in [4.69, 9.17) is 18.9 Å². The molecule has 37 heavy (non-hydrogen) atoms. The lowest BCUT2D eigenvalue weighted by Crippen LogP contribution is -2.30. The molecule has 0 saturated heterocycles. The summed E-state index contributed by atoms with van der Waals surface area (Å²) in [6.45, 7) is 7.34. The maximum atomic E-state index is 12.5. The van der Waals surface area contributed by atoms with Gasteiger partial charge in [-0.2, -0.15) is 0 Å². The quantitative estimate of drug-likeness (QED) is 0.199. The first-order valence-corrected chi connectivity index (χ1v) is 13.2. The Morgan fingerprint density at radius 2 is 0.865 bits per heavy atom. The van der Waals surface area contributed by atoms with Crippen molar-refractivity contribution in [2.24, 2.45) is 11.8 Å². The Bertz CT molecular complexity index is 948. The molecular formula is C28H34O8S. The minimum absolute atomic E-state index is 0.108. The van der Waals surface area contributed by atoms with Crippen LogP contribution in [0.25, 0.3) is 0 Å². The zero-order valence-corrected chi connectivity index (χ0v) is 22.5. The lowest BCUT2D eigenvalue weighted by atomic mass is 9.99. The van der Waals surface area contributed by atoms with Gasteiger partial charge >= 0.3 is 23.9 Å². The van der Waals surface area contributed by atoms with Gasteiger partial charge < -0.3 is 18.9 Å². The minimum atomic E-state index is -1.09. The SMILES string of the molecule is CCOC(=O)C(Cc1ccccc1Sc1ccccc1CC(C(=O)OCC)C(=O)OCC)C(=O)OCC. The van der Waals surface area contributed by atoms with E-state index in [2.05, 4.69) is 0 Å². The summed E-state index contributed by atoms with van der Waals surface area (Å²) >= 11 is 1.42. The normalized spacial score (nSPS) is 10.8. The van der Waals surface area contributed by atoms with Gasteiger partial charge in [-0.3, -0.25) is 19.2 Å². The molecule has 0 bridgehead atoms. The van der Waals surface area contributed by atoms with Crippen molar-refractivity contribution in [1.29, 1.82) is 0 Å². The fourth-order valence-electron chi connectivity index (χ4n) is 3.60. The minimum Gasteiger partial charge on any atom is -0.465 e. The molecule has 0 aliphatic carbocycles. The number of benzene rings is 2. The van der Waals surface area contributed by atoms with Gasteiger partial charge in [0.2, 0.25) is 0 Å². The summed E-state index contributed by atoms with van der Waals surface area (Å²) in [6, 6.07) is 14.8. The summed E-state index contributed by atoms with van der Waals surface area (Å²) in [6.07, 6.45) is 0.217. The van der Waals surface area contributed by atoms with Gasteiger partial charge in [0, 0.05) is 9.79 Å². The number of hydrogen-bond acceptors (Lipinski definition) is 9. The van der Waals surface area contributed by atoms with Gasteiger partial charge in [-0.1, -0.05) is 48.2 Å². The maximum Gasteiger partial charge on any atom is 0.320 e. The summed E-state index contributed by atoms with van der Waals surface area (Å²) in [4.78, 5) is 51.7. The van der Waals surface area contributed by atoms with Crippen LogP contribution >= 0.6 is 11.8 Å². The van der Waals surface area contributed by atoms with E-state index in [1.165, 1.54) is 11.8 Å². The van der Waals surface area contributed by atoms with Crippen LogP contribution in [0.1, 0.15) is 38.8 Å². The molecule has 0 saturated carbocycles. The number of ether oxygens (including phenoxy) is 4. The fraction of sp³-hybridized carbons (Fsp3) is 0.429. The number of carbonyl (C=O) groups excluding carboxylic acids is 4. The monoisotopic (exact) mass is 530 g/mol. The Balaban J connectivity index is 2.36. The van der Waals surface area contributed by atoms with Crippen LogP contribution in [0.3, 0.4) is 0 Å². The summed E-state index contributed by atoms with van der Waals surface area (Å²) in [7, 11) is 0. The van der Waals surface area contributed by atoms with Crippen molar-refractivity contribution in [2.45, 2.75) is 50.3 Å². The van der Waals surface area contributed by atoms with Crippen molar-refractivity contribution < 1.29 is 38.1 Å². The summed E-state index contributed by atoms with van der Waals surface area (Å²) in [5.41, 5.74) is 1.53. The predicted octanol–water partition coefficient (Wildman–Crippen LogP) is 4.41. The van der Waals surface area contributed by atoms with E-state index in [1.54, 1.807) is 27.7 Å². The topological polar surface area (TPSA) is 105 Å². The Hall–Kier alpha value is -3.33. The second-order valence-electron chi connectivity index (χ2n) is 7.84. The molecule has 0 aliphatic rings. The van der Waals surface area contributed by atoms with Gasteiger partial charge in [0.1, 0.15) is 0 Å². The zero-order chi connectivity index (χ0) is 27.2. The fourth-order valence-corrected chi connectivity index (χ4v) is 4.69. The van der Waals surface area contributed by atoms with Crippen molar-refractivity contribution in [2.75, 3.05) is 26.4 Å². The summed E-state index contributed by atoms with van der Waals surface area (Å²) in [5, 5.41) is 0. The third-order valence-electron chi connectivity index (χ3n) is 5.30. The van der Waals surface area contributed by atoms with Crippen LogP contribution in [0, 0.1) is 11.8 Å². The zero-order valence-electron chi connectivity index (χ0n) is 21.7. The third kappa shape index (κ3) is 8.93. The molecule has 0 spiro atoms. The van der Waals surface area contributed by atoms with Crippen LogP contribution in [0.2, 0.25) is 0 Å². The van der Waals surface area contributed by atoms with E-state index in [-0.39, 0.29) is 39.3 Å². The maximum absolute atomic E-state index is 12.5. The van der Waals surface area contributed by atoms with E-state index >= 15 is 0 Å². The first kappa shape index (κ1) is 29.9. The standard InChI is InChI=1S/C28H34O8S/c1-5-33-25(29)21(26(30)34-6-2)17-19-13-9-11-15-23(19)37-24-16-12-10-14-20(24)18-22(27(31)35-7-3)28(32)36-8-4/h9-16,21-22H,5-8,17-18H2,1-4H3. The smallest absolute Gasteiger partial charge is 0.320 e. The second-order valence-corrected chi connectivity index (χ2v) is 8.92. The lowest BCUT2D eigenvalue weighted by Gasteiger charge is -2.18. The summed E-state index contributed by atoms with van der Waals surface area (Å²) in [5.74, 6) is -4.70. The highest BCUT2D eigenvalue weighted by molar-refractivity contribution is 7.99. The summed E-state index contributed by atoms with van der Waals surface area (Å²) < 4.78 is 20.5. The molecule has 0 N–H and O–H groups in total. The molecule has 0 atom stereocenters. The molecule has 0 fully saturated rings. The number of rotatable bonds is 14. The molecule has 0 amide bonds. The van der Waals surface area contributed by atoms with Crippen molar-refractivity contribution in [3.63, 3.8) is 0 Å². The average molecular weight is 531 g/mol. The molecule has 0 heterocycles. The molecule has 8 nitrogen and oxygen atoms in total. The molecule has 2 rings (SSSR count). The highest BCUT2D eigenvalue weighted by Crippen LogP contribution is 2.35. The molecule has 0 aromatic heterocycles. The van der Waals surface area contributed by atoms with Crippen LogP contribution < -0.4 is 0 Å². The van der Waals surface area contributed by atoms with Gasteiger partial charge in [0.05, 0.1) is 26.4 Å². The molecule has 9 heteroatoms. The van der Waals surface area contributed by atoms with E-state index in [9.17, 15) is 19.2 Å².